The molecule has 1 aromatic heterocycles. The Morgan fingerprint density at radius 3 is 2.33 bits per heavy atom. The van der Waals surface area contributed by atoms with E-state index >= 15 is 0 Å². The summed E-state index contributed by atoms with van der Waals surface area (Å²) in [4.78, 5) is 33.5. The number of urea groups is 1. The van der Waals surface area contributed by atoms with Crippen LogP contribution < -0.4 is 5.73 Å². The summed E-state index contributed by atoms with van der Waals surface area (Å²) in [6.45, 7) is 4.01. The second-order valence-corrected chi connectivity index (χ2v) is 6.21. The van der Waals surface area contributed by atoms with Crippen LogP contribution >= 0.6 is 11.3 Å². The Bertz CT molecular complexity index is 520. The minimum Gasteiger partial charge on any atom is -0.334 e. The molecule has 1 saturated heterocycles. The summed E-state index contributed by atoms with van der Waals surface area (Å²) in [5.74, 6) is -0.0879. The van der Waals surface area contributed by atoms with Gasteiger partial charge >= 0.3 is 6.03 Å². The lowest BCUT2D eigenvalue weighted by Crippen LogP contribution is -2.52. The minimum atomic E-state index is -0.161. The fourth-order valence-electron chi connectivity index (χ4n) is 2.14. The fourth-order valence-corrected chi connectivity index (χ4v) is 2.89. The molecule has 0 aliphatic carbocycles. The molecule has 1 aliphatic heterocycles. The molecule has 116 valence electrons. The largest absolute Gasteiger partial charge is 0.334 e. The third-order valence-electron chi connectivity index (χ3n) is 3.35. The van der Waals surface area contributed by atoms with Crippen molar-refractivity contribution in [3.63, 3.8) is 0 Å². The molecule has 0 spiro atoms. The number of rotatable bonds is 2. The van der Waals surface area contributed by atoms with Crippen molar-refractivity contribution in [2.45, 2.75) is 13.0 Å². The summed E-state index contributed by atoms with van der Waals surface area (Å²) in [7, 11) is 3.45. The molecule has 2 heterocycles. The summed E-state index contributed by atoms with van der Waals surface area (Å²) < 4.78 is 0. The molecule has 7 nitrogen and oxygen atoms in total. The highest BCUT2D eigenvalue weighted by atomic mass is 32.1. The first-order chi connectivity index (χ1) is 9.90. The quantitative estimate of drug-likeness (QED) is 0.867. The van der Waals surface area contributed by atoms with E-state index in [1.807, 2.05) is 6.92 Å². The molecule has 0 saturated carbocycles. The Hall–Kier alpha value is -1.67. The number of nitrogens with zero attached hydrogens (tertiary/aromatic N) is 4. The molecule has 21 heavy (non-hydrogen) atoms. The van der Waals surface area contributed by atoms with E-state index in [0.29, 0.717) is 31.9 Å². The minimum absolute atomic E-state index is 0.0185. The van der Waals surface area contributed by atoms with Gasteiger partial charge in [-0.3, -0.25) is 4.79 Å². The third-order valence-corrected chi connectivity index (χ3v) is 4.40. The highest BCUT2D eigenvalue weighted by Crippen LogP contribution is 2.17. The van der Waals surface area contributed by atoms with Gasteiger partial charge in [-0.25, -0.2) is 9.78 Å². The molecular weight excluding hydrogens is 290 g/mol. The maximum Gasteiger partial charge on any atom is 0.319 e. The zero-order valence-electron chi connectivity index (χ0n) is 12.6. The van der Waals surface area contributed by atoms with Crippen molar-refractivity contribution in [2.75, 3.05) is 40.3 Å². The van der Waals surface area contributed by atoms with Crippen molar-refractivity contribution in [3.05, 3.63) is 16.1 Å². The number of amides is 3. The van der Waals surface area contributed by atoms with E-state index in [-0.39, 0.29) is 18.0 Å². The highest BCUT2D eigenvalue weighted by molar-refractivity contribution is 7.09. The Kier molecular flexibility index (Phi) is 4.79. The summed E-state index contributed by atoms with van der Waals surface area (Å²) >= 11 is 1.40. The van der Waals surface area contributed by atoms with Gasteiger partial charge in [-0.15, -0.1) is 11.3 Å². The van der Waals surface area contributed by atoms with Crippen LogP contribution in [0.25, 0.3) is 0 Å². The summed E-state index contributed by atoms with van der Waals surface area (Å²) in [6.07, 6.45) is 0. The lowest BCUT2D eigenvalue weighted by molar-refractivity contribution is 0.0645. The number of piperazine rings is 1. The highest BCUT2D eigenvalue weighted by Gasteiger charge is 2.26. The summed E-state index contributed by atoms with van der Waals surface area (Å²) in [5.41, 5.74) is 6.20. The topological polar surface area (TPSA) is 82.8 Å². The second-order valence-electron chi connectivity index (χ2n) is 5.32. The lowest BCUT2D eigenvalue weighted by atomic mass is 10.3. The lowest BCUT2D eigenvalue weighted by Gasteiger charge is -2.35. The van der Waals surface area contributed by atoms with E-state index in [1.165, 1.54) is 11.3 Å². The monoisotopic (exact) mass is 311 g/mol. The normalized spacial score (nSPS) is 16.8. The van der Waals surface area contributed by atoms with E-state index in [0.717, 1.165) is 5.01 Å². The van der Waals surface area contributed by atoms with E-state index in [1.54, 1.807) is 34.2 Å². The van der Waals surface area contributed by atoms with Gasteiger partial charge in [-0.1, -0.05) is 0 Å². The number of carbonyl (C=O) groups excluding carboxylic acids is 2. The smallest absolute Gasteiger partial charge is 0.319 e. The first-order valence-corrected chi connectivity index (χ1v) is 7.74. The third kappa shape index (κ3) is 3.51. The van der Waals surface area contributed by atoms with Crippen molar-refractivity contribution in [1.29, 1.82) is 0 Å². The molecule has 1 unspecified atom stereocenters. The number of thiazole rings is 1. The molecule has 3 amide bonds. The Labute approximate surface area is 128 Å². The van der Waals surface area contributed by atoms with Crippen molar-refractivity contribution in [1.82, 2.24) is 19.7 Å². The Morgan fingerprint density at radius 1 is 1.29 bits per heavy atom. The van der Waals surface area contributed by atoms with Crippen LogP contribution in [0.15, 0.2) is 5.38 Å². The maximum atomic E-state index is 12.4. The Balaban J connectivity index is 1.95. The van der Waals surface area contributed by atoms with Crippen molar-refractivity contribution < 1.29 is 9.59 Å². The van der Waals surface area contributed by atoms with E-state index in [2.05, 4.69) is 4.98 Å². The maximum absolute atomic E-state index is 12.4. The standard InChI is InChI=1S/C13H21N5O2S/c1-9(14)11-15-10(8-21-11)12(19)17-4-6-18(7-5-17)13(20)16(2)3/h8-9H,4-7,14H2,1-3H3. The van der Waals surface area contributed by atoms with Crippen LogP contribution in [-0.4, -0.2) is 71.9 Å². The van der Waals surface area contributed by atoms with Crippen LogP contribution in [0.3, 0.4) is 0 Å². The first-order valence-electron chi connectivity index (χ1n) is 6.86. The van der Waals surface area contributed by atoms with Gasteiger partial charge in [0, 0.05) is 45.7 Å². The molecule has 0 bridgehead atoms. The van der Waals surface area contributed by atoms with E-state index in [9.17, 15) is 9.59 Å². The second kappa shape index (κ2) is 6.40. The molecule has 2 N–H and O–H groups in total. The molecule has 1 aromatic rings. The predicted molar refractivity (Wildman–Crippen MR) is 81.3 cm³/mol. The van der Waals surface area contributed by atoms with Gasteiger partial charge in [0.15, 0.2) is 0 Å². The van der Waals surface area contributed by atoms with Crippen LogP contribution in [0, 0.1) is 0 Å². The zero-order valence-corrected chi connectivity index (χ0v) is 13.4. The van der Waals surface area contributed by atoms with Gasteiger partial charge in [-0.2, -0.15) is 0 Å². The Morgan fingerprint density at radius 2 is 1.86 bits per heavy atom. The van der Waals surface area contributed by atoms with Crippen LogP contribution in [0.5, 0.6) is 0 Å². The average molecular weight is 311 g/mol. The van der Waals surface area contributed by atoms with Crippen LogP contribution in [0.2, 0.25) is 0 Å². The van der Waals surface area contributed by atoms with Gasteiger partial charge in [0.1, 0.15) is 10.7 Å². The summed E-state index contributed by atoms with van der Waals surface area (Å²) in [6, 6.07) is -0.180. The first kappa shape index (κ1) is 15.7. The van der Waals surface area contributed by atoms with Gasteiger partial charge in [-0.05, 0) is 6.92 Å². The molecular formula is C13H21N5O2S. The molecule has 1 fully saturated rings. The van der Waals surface area contributed by atoms with Crippen molar-refractivity contribution in [2.24, 2.45) is 5.73 Å². The van der Waals surface area contributed by atoms with Gasteiger partial charge in [0.05, 0.1) is 6.04 Å². The van der Waals surface area contributed by atoms with Crippen LogP contribution in [0.4, 0.5) is 4.79 Å². The number of hydrogen-bond donors (Lipinski definition) is 1. The van der Waals surface area contributed by atoms with Crippen LogP contribution in [-0.2, 0) is 0 Å². The number of aromatic nitrogens is 1. The molecule has 0 aromatic carbocycles. The number of hydrogen-bond acceptors (Lipinski definition) is 5. The average Bonchev–Trinajstić information content (AvgIpc) is 2.96. The molecule has 8 heteroatoms. The molecule has 1 aliphatic rings. The summed E-state index contributed by atoms with van der Waals surface area (Å²) in [5, 5.41) is 2.51. The zero-order chi connectivity index (χ0) is 15.6. The molecule has 1 atom stereocenters. The van der Waals surface area contributed by atoms with Crippen molar-refractivity contribution >= 4 is 23.3 Å². The SMILES string of the molecule is CC(N)c1nc(C(=O)N2CCN(C(=O)N(C)C)CC2)cs1. The van der Waals surface area contributed by atoms with Crippen molar-refractivity contribution in [3.8, 4) is 0 Å². The van der Waals surface area contributed by atoms with Crippen LogP contribution in [0.1, 0.15) is 28.5 Å². The number of carbonyl (C=O) groups is 2. The van der Waals surface area contributed by atoms with E-state index in [4.69, 9.17) is 5.73 Å². The van der Waals surface area contributed by atoms with E-state index < -0.39 is 0 Å². The number of nitrogens with two attached hydrogens (primary N) is 1. The van der Waals surface area contributed by atoms with Gasteiger partial charge in [0.25, 0.3) is 5.91 Å². The fraction of sp³-hybridized carbons (Fsp3) is 0.615. The predicted octanol–water partition coefficient (Wildman–Crippen LogP) is 0.602. The van der Waals surface area contributed by atoms with Gasteiger partial charge < -0.3 is 20.4 Å². The van der Waals surface area contributed by atoms with Gasteiger partial charge in [0.2, 0.25) is 0 Å². The molecule has 2 rings (SSSR count). The molecule has 0 radical (unpaired) electrons.